The molecule has 2 amide bonds. The number of anilines is 1. The molecule has 1 unspecified atom stereocenters. The van der Waals surface area contributed by atoms with Gasteiger partial charge in [0.25, 0.3) is 10.0 Å². The van der Waals surface area contributed by atoms with Gasteiger partial charge in [-0.1, -0.05) is 54.9 Å². The fourth-order valence-electron chi connectivity index (χ4n) is 4.06. The van der Waals surface area contributed by atoms with E-state index in [2.05, 4.69) is 5.32 Å². The molecule has 3 aromatic carbocycles. The zero-order chi connectivity index (χ0) is 27.7. The molecule has 0 radical (unpaired) electrons. The fraction of sp³-hybridized carbons (Fsp3) is 0.286. The number of benzene rings is 3. The minimum atomic E-state index is -4.14. The maximum absolute atomic E-state index is 13.9. The number of amides is 2. The Bertz CT molecular complexity index is 1350. The SMILES string of the molecule is CCNC(=O)C(CC)N(Cc1cccc(OC)c1)C(=O)CN(c1cccc(Cl)c1)S(=O)(=O)c1ccccc1. The highest BCUT2D eigenvalue weighted by atomic mass is 35.5. The van der Waals surface area contributed by atoms with Crippen LogP contribution in [-0.2, 0) is 26.2 Å². The number of methoxy groups -OCH3 is 1. The molecule has 1 atom stereocenters. The van der Waals surface area contributed by atoms with Gasteiger partial charge < -0.3 is 15.0 Å². The van der Waals surface area contributed by atoms with Gasteiger partial charge in [0, 0.05) is 18.1 Å². The first-order valence-corrected chi connectivity index (χ1v) is 14.1. The van der Waals surface area contributed by atoms with Crippen LogP contribution in [0.5, 0.6) is 5.75 Å². The highest BCUT2D eigenvalue weighted by Crippen LogP contribution is 2.27. The van der Waals surface area contributed by atoms with E-state index < -0.39 is 28.5 Å². The quantitative estimate of drug-likeness (QED) is 0.354. The smallest absolute Gasteiger partial charge is 0.264 e. The minimum absolute atomic E-state index is 0.0305. The summed E-state index contributed by atoms with van der Waals surface area (Å²) in [4.78, 5) is 28.4. The van der Waals surface area contributed by atoms with Crippen molar-refractivity contribution in [3.63, 3.8) is 0 Å². The topological polar surface area (TPSA) is 96.0 Å². The van der Waals surface area contributed by atoms with Crippen LogP contribution in [0, 0.1) is 0 Å². The van der Waals surface area contributed by atoms with Crippen molar-refractivity contribution >= 4 is 39.1 Å². The first-order valence-electron chi connectivity index (χ1n) is 12.2. The molecule has 38 heavy (non-hydrogen) atoms. The monoisotopic (exact) mass is 557 g/mol. The van der Waals surface area contributed by atoms with Crippen molar-refractivity contribution in [3.05, 3.63) is 89.4 Å². The Kier molecular flexibility index (Phi) is 10.2. The molecule has 8 nitrogen and oxygen atoms in total. The molecule has 0 heterocycles. The predicted octanol–water partition coefficient (Wildman–Crippen LogP) is 4.49. The van der Waals surface area contributed by atoms with Crippen molar-refractivity contribution in [1.82, 2.24) is 10.2 Å². The van der Waals surface area contributed by atoms with E-state index in [4.69, 9.17) is 16.3 Å². The second-order valence-corrected chi connectivity index (χ2v) is 10.8. The zero-order valence-corrected chi connectivity index (χ0v) is 23.2. The van der Waals surface area contributed by atoms with Crippen LogP contribution in [0.1, 0.15) is 25.8 Å². The van der Waals surface area contributed by atoms with Gasteiger partial charge in [-0.25, -0.2) is 8.42 Å². The molecule has 202 valence electrons. The predicted molar refractivity (Wildman–Crippen MR) is 149 cm³/mol. The van der Waals surface area contributed by atoms with Crippen LogP contribution in [0.3, 0.4) is 0 Å². The molecule has 0 aliphatic rings. The van der Waals surface area contributed by atoms with Gasteiger partial charge in [0.15, 0.2) is 0 Å². The van der Waals surface area contributed by atoms with Crippen LogP contribution in [-0.4, -0.2) is 51.4 Å². The number of halogens is 1. The number of carbonyl (C=O) groups is 2. The third-order valence-corrected chi connectivity index (χ3v) is 7.95. The minimum Gasteiger partial charge on any atom is -0.497 e. The first-order chi connectivity index (χ1) is 18.2. The number of carbonyl (C=O) groups excluding carboxylic acids is 2. The number of likely N-dealkylation sites (N-methyl/N-ethyl adjacent to an activating group) is 1. The number of ether oxygens (including phenoxy) is 1. The molecule has 0 bridgehead atoms. The second-order valence-electron chi connectivity index (χ2n) is 8.50. The van der Waals surface area contributed by atoms with Crippen LogP contribution in [0.15, 0.2) is 83.8 Å². The molecule has 3 aromatic rings. The molecule has 0 saturated heterocycles. The van der Waals surface area contributed by atoms with Crippen LogP contribution < -0.4 is 14.4 Å². The van der Waals surface area contributed by atoms with Gasteiger partial charge in [-0.05, 0) is 61.4 Å². The van der Waals surface area contributed by atoms with Gasteiger partial charge in [0.05, 0.1) is 17.7 Å². The number of rotatable bonds is 12. The lowest BCUT2D eigenvalue weighted by atomic mass is 10.1. The van der Waals surface area contributed by atoms with E-state index in [0.717, 1.165) is 9.87 Å². The standard InChI is InChI=1S/C28H32ClN3O5S/c1-4-26(28(34)30-5-2)31(19-21-11-9-14-24(17-21)37-3)27(33)20-32(23-13-10-12-22(29)18-23)38(35,36)25-15-7-6-8-16-25/h6-18,26H,4-5,19-20H2,1-3H3,(H,30,34). The highest BCUT2D eigenvalue weighted by Gasteiger charge is 2.33. The Morgan fingerprint density at radius 3 is 2.32 bits per heavy atom. The van der Waals surface area contributed by atoms with Crippen molar-refractivity contribution in [1.29, 1.82) is 0 Å². The Balaban J connectivity index is 2.06. The second kappa shape index (κ2) is 13.3. The summed E-state index contributed by atoms with van der Waals surface area (Å²) in [6, 6.07) is 20.5. The van der Waals surface area contributed by atoms with Gasteiger partial charge >= 0.3 is 0 Å². The average Bonchev–Trinajstić information content (AvgIpc) is 2.92. The lowest BCUT2D eigenvalue weighted by molar-refractivity contribution is -0.140. The Labute approximate surface area is 229 Å². The van der Waals surface area contributed by atoms with Crippen LogP contribution in [0.4, 0.5) is 5.69 Å². The number of nitrogens with one attached hydrogen (secondary N) is 1. The molecule has 1 N–H and O–H groups in total. The molecule has 0 spiro atoms. The third-order valence-electron chi connectivity index (χ3n) is 5.93. The summed E-state index contributed by atoms with van der Waals surface area (Å²) in [6.45, 7) is 3.55. The summed E-state index contributed by atoms with van der Waals surface area (Å²) in [5.41, 5.74) is 0.975. The molecule has 0 aliphatic carbocycles. The van der Waals surface area contributed by atoms with E-state index in [0.29, 0.717) is 23.7 Å². The fourth-order valence-corrected chi connectivity index (χ4v) is 5.67. The van der Waals surface area contributed by atoms with Gasteiger partial charge in [-0.2, -0.15) is 0 Å². The van der Waals surface area contributed by atoms with E-state index in [1.54, 1.807) is 75.6 Å². The lowest BCUT2D eigenvalue weighted by Crippen LogP contribution is -2.52. The highest BCUT2D eigenvalue weighted by molar-refractivity contribution is 7.92. The van der Waals surface area contributed by atoms with Crippen molar-refractivity contribution in [2.45, 2.75) is 37.8 Å². The summed E-state index contributed by atoms with van der Waals surface area (Å²) in [7, 11) is -2.59. The van der Waals surface area contributed by atoms with E-state index >= 15 is 0 Å². The van der Waals surface area contributed by atoms with Gasteiger partial charge in [0.1, 0.15) is 18.3 Å². The maximum Gasteiger partial charge on any atom is 0.264 e. The number of nitrogens with zero attached hydrogens (tertiary/aromatic N) is 2. The zero-order valence-electron chi connectivity index (χ0n) is 21.6. The third kappa shape index (κ3) is 7.05. The summed E-state index contributed by atoms with van der Waals surface area (Å²) in [5.74, 6) is -0.245. The van der Waals surface area contributed by atoms with E-state index in [-0.39, 0.29) is 23.0 Å². The van der Waals surface area contributed by atoms with Gasteiger partial charge in [-0.15, -0.1) is 0 Å². The van der Waals surface area contributed by atoms with Crippen molar-refractivity contribution < 1.29 is 22.7 Å². The van der Waals surface area contributed by atoms with E-state index in [1.165, 1.54) is 23.1 Å². The van der Waals surface area contributed by atoms with Crippen molar-refractivity contribution in [3.8, 4) is 5.75 Å². The molecule has 0 aliphatic heterocycles. The summed E-state index contributed by atoms with van der Waals surface area (Å²) in [5, 5.41) is 3.11. The molecule has 3 rings (SSSR count). The largest absolute Gasteiger partial charge is 0.497 e. The number of hydrogen-bond acceptors (Lipinski definition) is 5. The number of hydrogen-bond donors (Lipinski definition) is 1. The molecule has 0 aromatic heterocycles. The molecular weight excluding hydrogens is 526 g/mol. The van der Waals surface area contributed by atoms with Crippen molar-refractivity contribution in [2.24, 2.45) is 0 Å². The Morgan fingerprint density at radius 1 is 0.974 bits per heavy atom. The summed E-state index contributed by atoms with van der Waals surface area (Å²) >= 11 is 6.19. The summed E-state index contributed by atoms with van der Waals surface area (Å²) in [6.07, 6.45) is 0.337. The van der Waals surface area contributed by atoms with Crippen LogP contribution in [0.2, 0.25) is 5.02 Å². The first kappa shape index (κ1) is 29.0. The van der Waals surface area contributed by atoms with Crippen molar-refractivity contribution in [2.75, 3.05) is 24.5 Å². The molecular formula is C28H32ClN3O5S. The Hall–Kier alpha value is -3.56. The van der Waals surface area contributed by atoms with Gasteiger partial charge in [0.2, 0.25) is 11.8 Å². The molecule has 0 fully saturated rings. The average molecular weight is 558 g/mol. The number of sulfonamides is 1. The molecule has 0 saturated carbocycles. The van der Waals surface area contributed by atoms with E-state index in [1.807, 2.05) is 6.07 Å². The normalized spacial score (nSPS) is 11.9. The maximum atomic E-state index is 13.9. The van der Waals surface area contributed by atoms with Crippen LogP contribution >= 0.6 is 11.6 Å². The van der Waals surface area contributed by atoms with Crippen LogP contribution in [0.25, 0.3) is 0 Å². The lowest BCUT2D eigenvalue weighted by Gasteiger charge is -2.33. The molecule has 10 heteroatoms. The van der Waals surface area contributed by atoms with Gasteiger partial charge in [-0.3, -0.25) is 13.9 Å². The van der Waals surface area contributed by atoms with E-state index in [9.17, 15) is 18.0 Å². The Morgan fingerprint density at radius 2 is 1.68 bits per heavy atom. The summed E-state index contributed by atoms with van der Waals surface area (Å²) < 4.78 is 33.8.